The van der Waals surface area contributed by atoms with Gasteiger partial charge in [-0.25, -0.2) is 0 Å². The molecular formula is C81H136N26O40. The molecule has 0 aromatic rings. The first-order chi connectivity index (χ1) is 68.4. The fourth-order valence-electron chi connectivity index (χ4n) is 11.9. The summed E-state index contributed by atoms with van der Waals surface area (Å²) in [6.07, 6.45) is -12.7. The summed E-state index contributed by atoms with van der Waals surface area (Å²) in [5, 5.41) is 181. The maximum Gasteiger partial charge on any atom is 0.322 e. The number of nitrogens with one attached hydrogen (secondary N) is 24. The first-order valence-electron chi connectivity index (χ1n) is 45.0. The van der Waals surface area contributed by atoms with Gasteiger partial charge in [0.1, 0.15) is 109 Å². The van der Waals surface area contributed by atoms with Gasteiger partial charge in [0.05, 0.1) is 122 Å². The molecule has 0 aliphatic heterocycles. The van der Waals surface area contributed by atoms with E-state index >= 15 is 0 Å². The van der Waals surface area contributed by atoms with Crippen molar-refractivity contribution in [3.05, 3.63) is 0 Å². The third kappa shape index (κ3) is 50.5. The van der Waals surface area contributed by atoms with Gasteiger partial charge in [-0.05, 0) is 80.1 Å². The van der Waals surface area contributed by atoms with Crippen molar-refractivity contribution in [1.82, 2.24) is 128 Å². The van der Waals surface area contributed by atoms with Crippen LogP contribution in [0.15, 0.2) is 0 Å². The summed E-state index contributed by atoms with van der Waals surface area (Å²) in [6.45, 7) is 0.895. The van der Waals surface area contributed by atoms with Crippen molar-refractivity contribution in [1.29, 1.82) is 0 Å². The highest BCUT2D eigenvalue weighted by molar-refractivity contribution is 6.03. The van der Waals surface area contributed by atoms with Crippen LogP contribution in [-0.4, -0.2) is 451 Å². The molecule has 0 heterocycles. The van der Waals surface area contributed by atoms with E-state index in [1.807, 2.05) is 37.2 Å². The molecule has 66 nitrogen and oxygen atoms in total. The van der Waals surface area contributed by atoms with Crippen LogP contribution in [0.1, 0.15) is 109 Å². The predicted molar refractivity (Wildman–Crippen MR) is 492 cm³/mol. The number of amides is 25. The van der Waals surface area contributed by atoms with Crippen molar-refractivity contribution in [2.75, 3.05) is 85.4 Å². The third-order valence-electron chi connectivity index (χ3n) is 20.1. The highest BCUT2D eigenvalue weighted by atomic mass is 16.4. The highest BCUT2D eigenvalue weighted by Gasteiger charge is 2.41. The van der Waals surface area contributed by atoms with Crippen LogP contribution >= 0.6 is 0 Å². The molecule has 0 rings (SSSR count). The molecular weight excluding hydrogens is 1980 g/mol. The van der Waals surface area contributed by atoms with E-state index in [-0.39, 0.29) is 6.42 Å². The predicted octanol–water partition coefficient (Wildman–Crippen LogP) is -24.2. The molecule has 0 aliphatic carbocycles. The van der Waals surface area contributed by atoms with Gasteiger partial charge in [-0.15, -0.1) is 0 Å². The summed E-state index contributed by atoms with van der Waals surface area (Å²) >= 11 is 0. The minimum Gasteiger partial charge on any atom is -0.481 e. The molecule has 147 heavy (non-hydrogen) atoms. The van der Waals surface area contributed by atoms with E-state index in [1.54, 1.807) is 13.8 Å². The number of hydrogen-bond acceptors (Lipinski definition) is 39. The zero-order valence-corrected chi connectivity index (χ0v) is 81.9. The average molecular weight is 2110 g/mol. The van der Waals surface area contributed by atoms with Crippen molar-refractivity contribution in [2.45, 2.75) is 248 Å². The summed E-state index contributed by atoms with van der Waals surface area (Å²) in [5.74, 6) is -34.2. The smallest absolute Gasteiger partial charge is 0.322 e. The van der Waals surface area contributed by atoms with Gasteiger partial charge in [0.15, 0.2) is 0 Å². The average Bonchev–Trinajstić information content (AvgIpc) is 0.843. The Labute approximate surface area is 836 Å². The first kappa shape index (κ1) is 132. The largest absolute Gasteiger partial charge is 0.481 e. The van der Waals surface area contributed by atoms with Crippen molar-refractivity contribution >= 4 is 160 Å². The van der Waals surface area contributed by atoms with Crippen LogP contribution in [-0.2, 0) is 129 Å². The summed E-state index contributed by atoms with van der Waals surface area (Å²) in [5.41, 5.74) is 10.7. The number of primary amides is 1. The first-order valence-corrected chi connectivity index (χ1v) is 45.0. The number of hydrogen-bond donors (Lipinski definition) is 39. The lowest BCUT2D eigenvalue weighted by molar-refractivity contribution is -0.139. The zero-order chi connectivity index (χ0) is 113. The molecule has 25 amide bonds. The SMILES string of the molecule is CC(C)C[C@H](NC(=O)[C@@H](NC(=O)[C@H](CO)NC(=O)[C@@H](NC(=O)[C@H](C)NC(=O)[C@H](CO)NC(=O)[C@@H](NC(=O)[C@H](CO)NC(=O)[C@@H](NC(=O)CNC(=O)[C@@H](NC(=O)CNC(=O)[C@H](CO)NC(=O)CNC(=O)[C@H](C)NC(=O)CNC(=O)CNC(=O)[C@H](CO)NC(=O)[C@H](CCC(=O)O)NC(=O)[C@@H](N)[C@@H](C)O)[C@@H](C)O)[C@@H](C)O)C(C)C)[C@@H](C)O)[C@@H](C)O)C(=O)N[C@H](C(=O)NCC(=O)N[C@@H](CC(N)=O)C(=O)NCC(=O)NCC(=O)O)[C@@H](C)O. The Morgan fingerprint density at radius 2 is 0.497 bits per heavy atom. The molecule has 41 N–H and O–H groups in total. The van der Waals surface area contributed by atoms with Crippen molar-refractivity contribution in [3.8, 4) is 0 Å². The fourth-order valence-corrected chi connectivity index (χ4v) is 11.9. The number of carbonyl (C=O) groups is 27. The van der Waals surface area contributed by atoms with Crippen LogP contribution < -0.4 is 139 Å². The molecule has 0 aromatic heterocycles. The molecule has 0 fully saturated rings. The van der Waals surface area contributed by atoms with Crippen LogP contribution in [0.4, 0.5) is 0 Å². The minimum atomic E-state index is -2.08. The lowest BCUT2D eigenvalue weighted by Crippen LogP contribution is -2.63. The Morgan fingerprint density at radius 3 is 0.871 bits per heavy atom. The van der Waals surface area contributed by atoms with Gasteiger partial charge in [-0.2, -0.15) is 0 Å². The maximum absolute atomic E-state index is 13.8. The second-order valence-corrected chi connectivity index (χ2v) is 33.8. The molecule has 0 bridgehead atoms. The number of carboxylic acids is 2. The molecule has 0 unspecified atom stereocenters. The Balaban J connectivity index is 5.81. The number of carboxylic acid groups (broad SMARTS) is 2. The van der Waals surface area contributed by atoms with E-state index in [0.29, 0.717) is 0 Å². The highest BCUT2D eigenvalue weighted by Crippen LogP contribution is 2.12. The molecule has 0 spiro atoms. The van der Waals surface area contributed by atoms with E-state index in [2.05, 4.69) is 90.4 Å². The van der Waals surface area contributed by atoms with Crippen LogP contribution in [0.3, 0.4) is 0 Å². The van der Waals surface area contributed by atoms with Crippen LogP contribution in [0.5, 0.6) is 0 Å². The normalized spacial score (nSPS) is 15.7. The monoisotopic (exact) mass is 2110 g/mol. The Kier molecular flexibility index (Phi) is 60.3. The zero-order valence-electron chi connectivity index (χ0n) is 81.9. The van der Waals surface area contributed by atoms with Crippen LogP contribution in [0.25, 0.3) is 0 Å². The quantitative estimate of drug-likeness (QED) is 0.0269. The number of rotatable bonds is 68. The lowest BCUT2D eigenvalue weighted by Gasteiger charge is -2.29. The molecule has 0 radical (unpaired) electrons. The third-order valence-corrected chi connectivity index (χ3v) is 20.1. The maximum atomic E-state index is 13.8. The number of carbonyl (C=O) groups excluding carboxylic acids is 25. The van der Waals surface area contributed by atoms with Gasteiger partial charge in [-0.3, -0.25) is 129 Å². The van der Waals surface area contributed by atoms with Gasteiger partial charge >= 0.3 is 11.9 Å². The Hall–Kier alpha value is -14.8. The van der Waals surface area contributed by atoms with Crippen molar-refractivity contribution in [3.63, 3.8) is 0 Å². The van der Waals surface area contributed by atoms with E-state index in [0.717, 1.165) is 55.4 Å². The number of aliphatic hydroxyl groups excluding tert-OH is 11. The topological polar surface area (TPSA) is 1060 Å². The molecule has 0 saturated heterocycles. The van der Waals surface area contributed by atoms with Gasteiger partial charge in [-0.1, -0.05) is 27.7 Å². The van der Waals surface area contributed by atoms with Crippen LogP contribution in [0, 0.1) is 11.8 Å². The summed E-state index contributed by atoms with van der Waals surface area (Å²) in [6, 6.07) is -31.0. The lowest BCUT2D eigenvalue weighted by atomic mass is 10.0. The van der Waals surface area contributed by atoms with Gasteiger partial charge in [0.25, 0.3) is 0 Å². The molecule has 66 heteroatoms. The minimum absolute atomic E-state index is 0.246. The summed E-state index contributed by atoms with van der Waals surface area (Å²) in [4.78, 5) is 348. The van der Waals surface area contributed by atoms with Gasteiger partial charge in [0, 0.05) is 6.42 Å². The van der Waals surface area contributed by atoms with E-state index in [1.165, 1.54) is 13.8 Å². The van der Waals surface area contributed by atoms with Crippen molar-refractivity contribution in [2.24, 2.45) is 23.3 Å². The standard InChI is InChI=1S/C81H136N26O40/c1-30(2)15-41(71(137)106-61(36(9)115)77(143)90-21-52(123)94-42(16-48(82)119)67(133)87-18-50(121)85-24-57(129)130)97-80(146)64(39(12)118)107-74(140)47(29-112)101-81(147)63(38(11)117)105-66(132)33(6)93-72(138)45(27-110)99-78(144)59(31(3)4)104-73(139)46(28-111)100-79(145)62(37(10)116)103-55(126)23-91-76(142)60(35(8)114)102-54(125)22-89-68(134)43(25-108)95-53(124)20-86-65(131)32(5)92-51(122)19-84-49(120)17-88-69(135)44(26-109)98-70(136)40(13-14-56(127)128)96-75(141)58(83)34(7)113/h30-47,58-64,108-118H,13-29,83H2,1-12H3,(H2,82,119)(H,84,120)(H,85,121)(H,86,131)(H,87,133)(H,88,135)(H,89,134)(H,90,143)(H,91,142)(H,92,122)(H,93,138)(H,94,123)(H,95,124)(H,96,141)(H,97,146)(H,98,136)(H,99,144)(H,100,145)(H,101,147)(H,102,125)(H,103,126)(H,104,139)(H,105,132)(H,106,137)(H,107,140)(H,127,128)(H,129,130)/t32-,33-,34+,35+,36+,37+,38+,39+,40-,41-,42-,43-,44-,45-,46-,47-,58-,59-,60-,61-,62-,63-,64-/m0/s1. The summed E-state index contributed by atoms with van der Waals surface area (Å²) in [7, 11) is 0. The second-order valence-electron chi connectivity index (χ2n) is 33.8. The Bertz CT molecular complexity index is 4600. The van der Waals surface area contributed by atoms with Gasteiger partial charge < -0.3 is 205 Å². The number of aliphatic carboxylic acids is 2. The van der Waals surface area contributed by atoms with E-state index in [9.17, 15) is 186 Å². The Morgan fingerprint density at radius 1 is 0.231 bits per heavy atom. The molecule has 0 saturated carbocycles. The number of nitrogens with two attached hydrogens (primary N) is 2. The second kappa shape index (κ2) is 67.0. The summed E-state index contributed by atoms with van der Waals surface area (Å²) < 4.78 is 0. The molecule has 0 aromatic carbocycles. The number of aliphatic hydroxyl groups is 11. The van der Waals surface area contributed by atoms with Gasteiger partial charge in [0.2, 0.25) is 148 Å². The van der Waals surface area contributed by atoms with E-state index < -0.39 is 415 Å². The van der Waals surface area contributed by atoms with Crippen molar-refractivity contribution < 1.29 is 196 Å². The fraction of sp³-hybridized carbons (Fsp3) is 0.667. The molecule has 0 aliphatic rings. The molecule has 23 atom stereocenters. The van der Waals surface area contributed by atoms with E-state index in [4.69, 9.17) is 21.7 Å². The van der Waals surface area contributed by atoms with Crippen LogP contribution in [0.2, 0.25) is 0 Å². The molecule has 830 valence electrons.